The van der Waals surface area contributed by atoms with Crippen molar-refractivity contribution >= 4 is 15.9 Å². The third kappa shape index (κ3) is 2.29. The van der Waals surface area contributed by atoms with E-state index >= 15 is 0 Å². The van der Waals surface area contributed by atoms with E-state index in [2.05, 4.69) is 25.9 Å². The lowest BCUT2D eigenvalue weighted by molar-refractivity contribution is 0.628. The van der Waals surface area contributed by atoms with Crippen LogP contribution in [0.4, 0.5) is 4.39 Å². The molecule has 1 saturated carbocycles. The monoisotopic (exact) mass is 306 g/mol. The predicted molar refractivity (Wildman–Crippen MR) is 71.8 cm³/mol. The molecule has 0 unspecified atom stereocenters. The molecule has 1 aliphatic carbocycles. The van der Waals surface area contributed by atoms with E-state index in [1.54, 1.807) is 6.07 Å². The Labute approximate surface area is 113 Å². The van der Waals surface area contributed by atoms with E-state index < -0.39 is 0 Å². The van der Waals surface area contributed by atoms with Crippen molar-refractivity contribution in [2.24, 2.45) is 0 Å². The molecule has 1 aromatic heterocycles. The molecule has 1 fully saturated rings. The number of aromatic nitrogens is 2. The molecule has 0 bridgehead atoms. The van der Waals surface area contributed by atoms with Gasteiger partial charge in [0.15, 0.2) is 0 Å². The molecule has 1 aliphatic rings. The van der Waals surface area contributed by atoms with Crippen LogP contribution in [0.15, 0.2) is 28.9 Å². The standard InChI is InChI=1S/C14H12BrFN2/c1-8-2-5-10(16)6-11(8)12-7-13(15)18-14(17-12)9-3-4-9/h2,5-7,9H,3-4H2,1H3. The molecule has 92 valence electrons. The topological polar surface area (TPSA) is 25.8 Å². The Morgan fingerprint density at radius 1 is 1.22 bits per heavy atom. The Morgan fingerprint density at radius 2 is 2.00 bits per heavy atom. The van der Waals surface area contributed by atoms with Gasteiger partial charge in [-0.15, -0.1) is 0 Å². The molecule has 2 nitrogen and oxygen atoms in total. The summed E-state index contributed by atoms with van der Waals surface area (Å²) in [5, 5.41) is 0. The van der Waals surface area contributed by atoms with Crippen LogP contribution in [0.2, 0.25) is 0 Å². The van der Waals surface area contributed by atoms with Gasteiger partial charge in [0.1, 0.15) is 16.2 Å². The zero-order valence-corrected chi connectivity index (χ0v) is 11.5. The minimum atomic E-state index is -0.238. The second-order valence-electron chi connectivity index (χ2n) is 4.67. The fourth-order valence-corrected chi connectivity index (χ4v) is 2.37. The molecule has 18 heavy (non-hydrogen) atoms. The Kier molecular flexibility index (Phi) is 2.90. The summed E-state index contributed by atoms with van der Waals surface area (Å²) in [4.78, 5) is 8.95. The van der Waals surface area contributed by atoms with Crippen molar-refractivity contribution in [3.63, 3.8) is 0 Å². The number of rotatable bonds is 2. The highest BCUT2D eigenvalue weighted by Gasteiger charge is 2.27. The van der Waals surface area contributed by atoms with Gasteiger partial charge in [-0.25, -0.2) is 14.4 Å². The Morgan fingerprint density at radius 3 is 2.72 bits per heavy atom. The Bertz CT molecular complexity index is 609. The molecule has 0 spiro atoms. The van der Waals surface area contributed by atoms with Crippen LogP contribution in [-0.2, 0) is 0 Å². The maximum absolute atomic E-state index is 13.3. The Hall–Kier alpha value is -1.29. The third-order valence-electron chi connectivity index (χ3n) is 3.13. The van der Waals surface area contributed by atoms with Crippen molar-refractivity contribution in [2.75, 3.05) is 0 Å². The van der Waals surface area contributed by atoms with E-state index in [-0.39, 0.29) is 5.82 Å². The van der Waals surface area contributed by atoms with Crippen molar-refractivity contribution in [3.8, 4) is 11.3 Å². The summed E-state index contributed by atoms with van der Waals surface area (Å²) in [6, 6.07) is 6.61. The maximum atomic E-state index is 13.3. The van der Waals surface area contributed by atoms with Crippen LogP contribution in [-0.4, -0.2) is 9.97 Å². The van der Waals surface area contributed by atoms with Crippen LogP contribution in [0.3, 0.4) is 0 Å². The van der Waals surface area contributed by atoms with E-state index in [1.165, 1.54) is 12.1 Å². The van der Waals surface area contributed by atoms with Crippen LogP contribution in [0.25, 0.3) is 11.3 Å². The minimum absolute atomic E-state index is 0.238. The van der Waals surface area contributed by atoms with Crippen LogP contribution in [0, 0.1) is 12.7 Å². The van der Waals surface area contributed by atoms with E-state index in [4.69, 9.17) is 0 Å². The fourth-order valence-electron chi connectivity index (χ4n) is 1.97. The average Bonchev–Trinajstić information content (AvgIpc) is 3.15. The zero-order valence-electron chi connectivity index (χ0n) is 9.95. The molecule has 0 aliphatic heterocycles. The molecule has 1 heterocycles. The van der Waals surface area contributed by atoms with E-state index in [0.717, 1.165) is 40.1 Å². The average molecular weight is 307 g/mol. The van der Waals surface area contributed by atoms with Gasteiger partial charge >= 0.3 is 0 Å². The SMILES string of the molecule is Cc1ccc(F)cc1-c1cc(Br)nc(C2CC2)n1. The van der Waals surface area contributed by atoms with Crippen LogP contribution in [0.5, 0.6) is 0 Å². The molecule has 0 atom stereocenters. The van der Waals surface area contributed by atoms with Crippen molar-refractivity contribution in [2.45, 2.75) is 25.7 Å². The van der Waals surface area contributed by atoms with E-state index in [9.17, 15) is 4.39 Å². The lowest BCUT2D eigenvalue weighted by atomic mass is 10.1. The molecule has 2 aromatic rings. The first-order chi connectivity index (χ1) is 8.63. The first-order valence-electron chi connectivity index (χ1n) is 5.94. The summed E-state index contributed by atoms with van der Waals surface area (Å²) in [7, 11) is 0. The number of hydrogen-bond donors (Lipinski definition) is 0. The minimum Gasteiger partial charge on any atom is -0.233 e. The first kappa shape index (κ1) is 11.8. The number of aryl methyl sites for hydroxylation is 1. The van der Waals surface area contributed by atoms with Gasteiger partial charge in [0, 0.05) is 11.5 Å². The number of nitrogens with zero attached hydrogens (tertiary/aromatic N) is 2. The van der Waals surface area contributed by atoms with Gasteiger partial charge in [-0.05, 0) is 59.5 Å². The highest BCUT2D eigenvalue weighted by molar-refractivity contribution is 9.10. The number of benzene rings is 1. The second kappa shape index (κ2) is 4.43. The van der Waals surface area contributed by atoms with Crippen LogP contribution >= 0.6 is 15.9 Å². The summed E-state index contributed by atoms with van der Waals surface area (Å²) in [5.74, 6) is 1.11. The maximum Gasteiger partial charge on any atom is 0.133 e. The summed E-state index contributed by atoms with van der Waals surface area (Å²) in [6.45, 7) is 1.96. The summed E-state index contributed by atoms with van der Waals surface area (Å²) in [5.41, 5.74) is 2.64. The molecule has 1 aromatic carbocycles. The summed E-state index contributed by atoms with van der Waals surface area (Å²) >= 11 is 3.40. The van der Waals surface area contributed by atoms with Gasteiger partial charge in [0.2, 0.25) is 0 Å². The first-order valence-corrected chi connectivity index (χ1v) is 6.74. The zero-order chi connectivity index (χ0) is 12.7. The van der Waals surface area contributed by atoms with Crippen molar-refractivity contribution in [1.29, 1.82) is 0 Å². The quantitative estimate of drug-likeness (QED) is 0.776. The highest BCUT2D eigenvalue weighted by atomic mass is 79.9. The Balaban J connectivity index is 2.12. The summed E-state index contributed by atoms with van der Waals surface area (Å²) in [6.07, 6.45) is 2.30. The molecule has 0 amide bonds. The molecule has 4 heteroatoms. The lowest BCUT2D eigenvalue weighted by Gasteiger charge is -2.07. The van der Waals surface area contributed by atoms with Gasteiger partial charge in [-0.3, -0.25) is 0 Å². The van der Waals surface area contributed by atoms with E-state index in [0.29, 0.717) is 5.92 Å². The molecular formula is C14H12BrFN2. The normalized spacial score (nSPS) is 14.8. The highest BCUT2D eigenvalue weighted by Crippen LogP contribution is 2.39. The van der Waals surface area contributed by atoms with Gasteiger partial charge in [0.25, 0.3) is 0 Å². The van der Waals surface area contributed by atoms with Crippen molar-refractivity contribution < 1.29 is 4.39 Å². The number of halogens is 2. The molecule has 0 N–H and O–H groups in total. The second-order valence-corrected chi connectivity index (χ2v) is 5.48. The summed E-state index contributed by atoms with van der Waals surface area (Å²) < 4.78 is 14.1. The fraction of sp³-hybridized carbons (Fsp3) is 0.286. The van der Waals surface area contributed by atoms with Crippen LogP contribution in [0.1, 0.15) is 30.1 Å². The molecule has 0 saturated heterocycles. The van der Waals surface area contributed by atoms with Gasteiger partial charge < -0.3 is 0 Å². The van der Waals surface area contributed by atoms with Crippen molar-refractivity contribution in [1.82, 2.24) is 9.97 Å². The molecule has 3 rings (SSSR count). The smallest absolute Gasteiger partial charge is 0.133 e. The molecular weight excluding hydrogens is 295 g/mol. The van der Waals surface area contributed by atoms with Gasteiger partial charge in [-0.1, -0.05) is 6.07 Å². The predicted octanol–water partition coefficient (Wildman–Crippen LogP) is 4.23. The number of hydrogen-bond acceptors (Lipinski definition) is 2. The van der Waals surface area contributed by atoms with Crippen LogP contribution < -0.4 is 0 Å². The van der Waals surface area contributed by atoms with E-state index in [1.807, 2.05) is 13.0 Å². The van der Waals surface area contributed by atoms with Gasteiger partial charge in [0.05, 0.1) is 5.69 Å². The third-order valence-corrected chi connectivity index (χ3v) is 3.54. The van der Waals surface area contributed by atoms with Gasteiger partial charge in [-0.2, -0.15) is 0 Å². The largest absolute Gasteiger partial charge is 0.233 e. The lowest BCUT2D eigenvalue weighted by Crippen LogP contribution is -1.97. The molecule has 0 radical (unpaired) electrons. The van der Waals surface area contributed by atoms with Crippen molar-refractivity contribution in [3.05, 3.63) is 46.1 Å².